The quantitative estimate of drug-likeness (QED) is 0.323. The van der Waals surface area contributed by atoms with E-state index >= 15 is 0 Å². The fourth-order valence-corrected chi connectivity index (χ4v) is 3.64. The summed E-state index contributed by atoms with van der Waals surface area (Å²) in [7, 11) is -3.76. The van der Waals surface area contributed by atoms with Crippen molar-refractivity contribution in [3.05, 3.63) is 88.5 Å². The lowest BCUT2D eigenvalue weighted by Crippen LogP contribution is -2.12. The normalized spacial score (nSPS) is 11.4. The number of aliphatic imine (C=N–C) groups is 1. The highest BCUT2D eigenvalue weighted by molar-refractivity contribution is 7.92. The van der Waals surface area contributed by atoms with Crippen LogP contribution >= 0.6 is 0 Å². The zero-order chi connectivity index (χ0) is 21.6. The third-order valence-electron chi connectivity index (χ3n) is 4.01. The molecule has 0 aliphatic rings. The summed E-state index contributed by atoms with van der Waals surface area (Å²) in [6.07, 6.45) is 1.48. The molecule has 3 aromatic rings. The van der Waals surface area contributed by atoms with E-state index in [9.17, 15) is 18.5 Å². The topological polar surface area (TPSA) is 111 Å². The van der Waals surface area contributed by atoms with Gasteiger partial charge in [-0.3, -0.25) is 19.8 Å². The van der Waals surface area contributed by atoms with Gasteiger partial charge in [-0.05, 0) is 61.0 Å². The number of benzene rings is 3. The molecule has 0 atom stereocenters. The Kier molecular flexibility index (Phi) is 6.43. The Morgan fingerprint density at radius 1 is 1.07 bits per heavy atom. The maximum atomic E-state index is 12.6. The van der Waals surface area contributed by atoms with E-state index in [4.69, 9.17) is 4.74 Å². The molecule has 3 aromatic carbocycles. The van der Waals surface area contributed by atoms with Crippen molar-refractivity contribution in [2.75, 3.05) is 11.3 Å². The largest absolute Gasteiger partial charge is 0.494 e. The molecule has 154 valence electrons. The van der Waals surface area contributed by atoms with E-state index in [0.29, 0.717) is 29.3 Å². The van der Waals surface area contributed by atoms with Crippen LogP contribution in [0.5, 0.6) is 5.75 Å². The average molecular weight is 425 g/mol. The van der Waals surface area contributed by atoms with Gasteiger partial charge in [0.25, 0.3) is 15.7 Å². The molecule has 0 unspecified atom stereocenters. The number of anilines is 1. The molecule has 0 heterocycles. The highest BCUT2D eigenvalue weighted by atomic mass is 32.2. The van der Waals surface area contributed by atoms with Gasteiger partial charge >= 0.3 is 0 Å². The van der Waals surface area contributed by atoms with E-state index in [1.165, 1.54) is 30.5 Å². The molecule has 0 amide bonds. The molecule has 0 aliphatic heterocycles. The Morgan fingerprint density at radius 3 is 2.40 bits per heavy atom. The third kappa shape index (κ3) is 5.42. The van der Waals surface area contributed by atoms with Crippen molar-refractivity contribution in [1.82, 2.24) is 0 Å². The zero-order valence-corrected chi connectivity index (χ0v) is 16.9. The molecule has 0 bridgehead atoms. The highest BCUT2D eigenvalue weighted by Crippen LogP contribution is 2.22. The number of nitrogens with one attached hydrogen (secondary N) is 1. The van der Waals surface area contributed by atoms with Crippen LogP contribution in [0.3, 0.4) is 0 Å². The minimum Gasteiger partial charge on any atom is -0.494 e. The van der Waals surface area contributed by atoms with Crippen LogP contribution in [0, 0.1) is 10.1 Å². The lowest BCUT2D eigenvalue weighted by atomic mass is 10.2. The minimum atomic E-state index is -3.76. The first-order valence-corrected chi connectivity index (χ1v) is 10.5. The van der Waals surface area contributed by atoms with Crippen LogP contribution in [0.25, 0.3) is 0 Å². The molecule has 0 aromatic heterocycles. The fourth-order valence-electron chi connectivity index (χ4n) is 2.58. The summed E-state index contributed by atoms with van der Waals surface area (Å²) < 4.78 is 33.0. The van der Waals surface area contributed by atoms with Crippen molar-refractivity contribution in [3.8, 4) is 5.75 Å². The number of rotatable bonds is 8. The van der Waals surface area contributed by atoms with Crippen molar-refractivity contribution < 1.29 is 18.1 Å². The Bertz CT molecular complexity index is 1160. The van der Waals surface area contributed by atoms with Crippen LogP contribution in [0.1, 0.15) is 12.5 Å². The van der Waals surface area contributed by atoms with E-state index in [-0.39, 0.29) is 10.6 Å². The first-order chi connectivity index (χ1) is 14.4. The standard InChI is InChI=1S/C21H19N3O5S/c1-2-29-20-10-6-18(7-11-20)23-30(27,28)21-12-8-17(9-13-21)22-15-16-4-3-5-19(14-16)24(25)26/h3-15,23H,2H2,1H3. The second kappa shape index (κ2) is 9.19. The summed E-state index contributed by atoms with van der Waals surface area (Å²) in [6, 6.07) is 18.7. The van der Waals surface area contributed by atoms with Gasteiger partial charge in [0.05, 0.1) is 22.1 Å². The molecular formula is C21H19N3O5S. The molecule has 3 rings (SSSR count). The SMILES string of the molecule is CCOc1ccc(NS(=O)(=O)c2ccc(N=Cc3cccc([N+](=O)[O-])c3)cc2)cc1. The fraction of sp³-hybridized carbons (Fsp3) is 0.0952. The van der Waals surface area contributed by atoms with Crippen LogP contribution < -0.4 is 9.46 Å². The predicted molar refractivity (Wildman–Crippen MR) is 115 cm³/mol. The highest BCUT2D eigenvalue weighted by Gasteiger charge is 2.14. The molecule has 0 saturated heterocycles. The smallest absolute Gasteiger partial charge is 0.270 e. The number of hydrogen-bond acceptors (Lipinski definition) is 6. The Morgan fingerprint density at radius 2 is 1.77 bits per heavy atom. The Balaban J connectivity index is 1.71. The lowest BCUT2D eigenvalue weighted by Gasteiger charge is -2.09. The molecule has 0 saturated carbocycles. The Labute approximate surface area is 174 Å². The molecule has 8 nitrogen and oxygen atoms in total. The first kappa shape index (κ1) is 21.0. The van der Waals surface area contributed by atoms with Gasteiger partial charge in [-0.15, -0.1) is 0 Å². The predicted octanol–water partition coefficient (Wildman–Crippen LogP) is 4.54. The number of nitro benzene ring substituents is 1. The number of nitro groups is 1. The minimum absolute atomic E-state index is 0.0271. The number of sulfonamides is 1. The molecule has 9 heteroatoms. The van der Waals surface area contributed by atoms with E-state index in [1.54, 1.807) is 48.5 Å². The molecule has 0 spiro atoms. The van der Waals surface area contributed by atoms with E-state index in [0.717, 1.165) is 0 Å². The van der Waals surface area contributed by atoms with Gasteiger partial charge in [-0.2, -0.15) is 0 Å². The molecule has 0 aliphatic carbocycles. The first-order valence-electron chi connectivity index (χ1n) is 9.01. The van der Waals surface area contributed by atoms with Gasteiger partial charge in [0.1, 0.15) is 5.75 Å². The van der Waals surface area contributed by atoms with Gasteiger partial charge in [-0.1, -0.05) is 12.1 Å². The van der Waals surface area contributed by atoms with Gasteiger partial charge in [-0.25, -0.2) is 8.42 Å². The van der Waals surface area contributed by atoms with Crippen molar-refractivity contribution in [1.29, 1.82) is 0 Å². The average Bonchev–Trinajstić information content (AvgIpc) is 2.74. The maximum absolute atomic E-state index is 12.6. The molecule has 1 N–H and O–H groups in total. The van der Waals surface area contributed by atoms with Gasteiger partial charge < -0.3 is 4.74 Å². The second-order valence-corrected chi connectivity index (χ2v) is 7.85. The summed E-state index contributed by atoms with van der Waals surface area (Å²) in [4.78, 5) is 14.7. The number of ether oxygens (including phenoxy) is 1. The van der Waals surface area contributed by atoms with Gasteiger partial charge in [0.2, 0.25) is 0 Å². The van der Waals surface area contributed by atoms with Gasteiger partial charge in [0, 0.05) is 24.0 Å². The van der Waals surface area contributed by atoms with Crippen LogP contribution in [0.15, 0.2) is 82.7 Å². The maximum Gasteiger partial charge on any atom is 0.270 e. The van der Waals surface area contributed by atoms with Crippen LogP contribution in [0.2, 0.25) is 0 Å². The number of hydrogen-bond donors (Lipinski definition) is 1. The van der Waals surface area contributed by atoms with E-state index in [2.05, 4.69) is 9.71 Å². The van der Waals surface area contributed by atoms with Crippen molar-refractivity contribution in [2.45, 2.75) is 11.8 Å². The molecule has 30 heavy (non-hydrogen) atoms. The Hall–Kier alpha value is -3.72. The summed E-state index contributed by atoms with van der Waals surface area (Å²) >= 11 is 0. The summed E-state index contributed by atoms with van der Waals surface area (Å²) in [6.45, 7) is 2.40. The molecule has 0 fully saturated rings. The van der Waals surface area contributed by atoms with E-state index in [1.807, 2.05) is 6.92 Å². The monoisotopic (exact) mass is 425 g/mol. The molecule has 0 radical (unpaired) electrons. The van der Waals surface area contributed by atoms with Gasteiger partial charge in [0.15, 0.2) is 0 Å². The van der Waals surface area contributed by atoms with Crippen LogP contribution in [0.4, 0.5) is 17.1 Å². The van der Waals surface area contributed by atoms with E-state index < -0.39 is 14.9 Å². The lowest BCUT2D eigenvalue weighted by molar-refractivity contribution is -0.384. The number of non-ortho nitro benzene ring substituents is 1. The summed E-state index contributed by atoms with van der Waals surface area (Å²) in [5.41, 5.74) is 1.48. The van der Waals surface area contributed by atoms with Crippen molar-refractivity contribution >= 4 is 33.3 Å². The summed E-state index contributed by atoms with van der Waals surface area (Å²) in [5.74, 6) is 0.659. The molecular weight excluding hydrogens is 406 g/mol. The van der Waals surface area contributed by atoms with Crippen LogP contribution in [-0.2, 0) is 10.0 Å². The summed E-state index contributed by atoms with van der Waals surface area (Å²) in [5, 5.41) is 10.8. The number of nitrogens with zero attached hydrogens (tertiary/aromatic N) is 2. The second-order valence-electron chi connectivity index (χ2n) is 6.17. The van der Waals surface area contributed by atoms with Crippen molar-refractivity contribution in [2.24, 2.45) is 4.99 Å². The zero-order valence-electron chi connectivity index (χ0n) is 16.1. The third-order valence-corrected chi connectivity index (χ3v) is 5.41. The van der Waals surface area contributed by atoms with Crippen molar-refractivity contribution in [3.63, 3.8) is 0 Å². The van der Waals surface area contributed by atoms with Crippen LogP contribution in [-0.4, -0.2) is 26.2 Å².